The molecule has 0 spiro atoms. The number of aryl methyl sites for hydroxylation is 1. The fourth-order valence-corrected chi connectivity index (χ4v) is 2.93. The molecule has 1 aliphatic rings. The highest BCUT2D eigenvalue weighted by molar-refractivity contribution is 5.84. The maximum Gasteiger partial charge on any atom is 0.141 e. The van der Waals surface area contributed by atoms with Gasteiger partial charge in [-0.05, 0) is 42.0 Å². The maximum atomic E-state index is 12.4. The summed E-state index contributed by atoms with van der Waals surface area (Å²) in [6.07, 6.45) is 2.41. The summed E-state index contributed by atoms with van der Waals surface area (Å²) in [6, 6.07) is 16.6. The molecule has 2 aromatic carbocycles. The van der Waals surface area contributed by atoms with Gasteiger partial charge in [0.25, 0.3) is 0 Å². The summed E-state index contributed by atoms with van der Waals surface area (Å²) < 4.78 is 0. The summed E-state index contributed by atoms with van der Waals surface area (Å²) >= 11 is 0. The van der Waals surface area contributed by atoms with E-state index in [2.05, 4.69) is 43.3 Å². The quantitative estimate of drug-likeness (QED) is 0.814. The summed E-state index contributed by atoms with van der Waals surface area (Å²) in [7, 11) is 0. The first-order chi connectivity index (χ1) is 9.24. The lowest BCUT2D eigenvalue weighted by Gasteiger charge is -2.09. The van der Waals surface area contributed by atoms with Crippen LogP contribution >= 0.6 is 0 Å². The van der Waals surface area contributed by atoms with Crippen LogP contribution in [0.25, 0.3) is 0 Å². The van der Waals surface area contributed by atoms with Crippen molar-refractivity contribution in [2.45, 2.75) is 26.2 Å². The third-order valence-electron chi connectivity index (χ3n) is 4.13. The zero-order valence-corrected chi connectivity index (χ0v) is 11.2. The van der Waals surface area contributed by atoms with Crippen molar-refractivity contribution in [3.63, 3.8) is 0 Å². The minimum atomic E-state index is 0.178. The Hall–Kier alpha value is -1.89. The molecule has 2 aromatic rings. The first-order valence-corrected chi connectivity index (χ1v) is 6.88. The molecule has 96 valence electrons. The number of benzene rings is 2. The van der Waals surface area contributed by atoms with Gasteiger partial charge >= 0.3 is 0 Å². The minimum Gasteiger partial charge on any atom is -0.299 e. The standard InChI is InChI=1S/C18H18O/c1-13-6-2-3-7-14(13)12-18(19)17-10-15-8-4-5-9-16(15)11-17/h2-9,17H,10-12H2,1H3. The SMILES string of the molecule is Cc1ccccc1CC(=O)C1Cc2ccccc2C1. The van der Waals surface area contributed by atoms with Gasteiger partial charge in [0.1, 0.15) is 5.78 Å². The molecule has 0 radical (unpaired) electrons. The lowest BCUT2D eigenvalue weighted by atomic mass is 9.93. The van der Waals surface area contributed by atoms with Crippen molar-refractivity contribution in [1.29, 1.82) is 0 Å². The molecule has 1 heteroatoms. The summed E-state index contributed by atoms with van der Waals surface area (Å²) in [5, 5.41) is 0. The molecule has 3 rings (SSSR count). The van der Waals surface area contributed by atoms with Crippen LogP contribution in [0.15, 0.2) is 48.5 Å². The second-order valence-electron chi connectivity index (χ2n) is 5.44. The second kappa shape index (κ2) is 5.00. The number of Topliss-reactive ketones (excluding diaryl/α,β-unsaturated/α-hetero) is 1. The van der Waals surface area contributed by atoms with Crippen LogP contribution in [0.1, 0.15) is 22.3 Å². The fourth-order valence-electron chi connectivity index (χ4n) is 2.93. The van der Waals surface area contributed by atoms with Gasteiger partial charge in [0, 0.05) is 12.3 Å². The van der Waals surface area contributed by atoms with Crippen molar-refractivity contribution in [2.24, 2.45) is 5.92 Å². The van der Waals surface area contributed by atoms with E-state index >= 15 is 0 Å². The van der Waals surface area contributed by atoms with Crippen LogP contribution in [0.3, 0.4) is 0 Å². The van der Waals surface area contributed by atoms with Crippen LogP contribution in [-0.2, 0) is 24.1 Å². The molecule has 0 saturated carbocycles. The molecular weight excluding hydrogens is 232 g/mol. The van der Waals surface area contributed by atoms with Crippen LogP contribution in [0.4, 0.5) is 0 Å². The van der Waals surface area contributed by atoms with Gasteiger partial charge in [-0.15, -0.1) is 0 Å². The molecule has 1 nitrogen and oxygen atoms in total. The highest BCUT2D eigenvalue weighted by Crippen LogP contribution is 2.28. The molecule has 0 atom stereocenters. The average molecular weight is 250 g/mol. The number of rotatable bonds is 3. The number of fused-ring (bicyclic) bond motifs is 1. The summed E-state index contributed by atoms with van der Waals surface area (Å²) in [6.45, 7) is 2.08. The Morgan fingerprint density at radius 3 is 2.21 bits per heavy atom. The monoisotopic (exact) mass is 250 g/mol. The van der Waals surface area contributed by atoms with Crippen molar-refractivity contribution in [3.05, 3.63) is 70.8 Å². The molecule has 0 bridgehead atoms. The van der Waals surface area contributed by atoms with Crippen molar-refractivity contribution in [3.8, 4) is 0 Å². The zero-order chi connectivity index (χ0) is 13.2. The van der Waals surface area contributed by atoms with E-state index in [9.17, 15) is 4.79 Å². The second-order valence-corrected chi connectivity index (χ2v) is 5.44. The first-order valence-electron chi connectivity index (χ1n) is 6.88. The third kappa shape index (κ3) is 2.46. The molecule has 0 aliphatic heterocycles. The fraction of sp³-hybridized carbons (Fsp3) is 0.278. The highest BCUT2D eigenvalue weighted by Gasteiger charge is 2.26. The van der Waals surface area contributed by atoms with Crippen molar-refractivity contribution < 1.29 is 4.79 Å². The zero-order valence-electron chi connectivity index (χ0n) is 11.2. The van der Waals surface area contributed by atoms with E-state index in [0.717, 1.165) is 12.8 Å². The van der Waals surface area contributed by atoms with Crippen LogP contribution < -0.4 is 0 Å². The van der Waals surface area contributed by atoms with Crippen LogP contribution in [0, 0.1) is 12.8 Å². The maximum absolute atomic E-state index is 12.4. The average Bonchev–Trinajstić information content (AvgIpc) is 2.85. The topological polar surface area (TPSA) is 17.1 Å². The van der Waals surface area contributed by atoms with E-state index in [1.54, 1.807) is 0 Å². The lowest BCUT2D eigenvalue weighted by molar-refractivity contribution is -0.121. The van der Waals surface area contributed by atoms with E-state index < -0.39 is 0 Å². The molecular formula is C18H18O. The van der Waals surface area contributed by atoms with E-state index in [-0.39, 0.29) is 5.92 Å². The van der Waals surface area contributed by atoms with Crippen LogP contribution in [0.2, 0.25) is 0 Å². The van der Waals surface area contributed by atoms with E-state index in [1.165, 1.54) is 22.3 Å². The predicted octanol–water partition coefficient (Wildman–Crippen LogP) is 3.52. The first kappa shape index (κ1) is 12.2. The number of ketones is 1. The summed E-state index contributed by atoms with van der Waals surface area (Å²) in [4.78, 5) is 12.4. The summed E-state index contributed by atoms with van der Waals surface area (Å²) in [5.74, 6) is 0.558. The number of carbonyl (C=O) groups excluding carboxylic acids is 1. The van der Waals surface area contributed by atoms with Crippen LogP contribution in [-0.4, -0.2) is 5.78 Å². The number of hydrogen-bond donors (Lipinski definition) is 0. The van der Waals surface area contributed by atoms with Gasteiger partial charge in [0.15, 0.2) is 0 Å². The molecule has 0 heterocycles. The van der Waals surface area contributed by atoms with E-state index in [4.69, 9.17) is 0 Å². The smallest absolute Gasteiger partial charge is 0.141 e. The molecule has 0 fully saturated rings. The van der Waals surface area contributed by atoms with Gasteiger partial charge in [-0.25, -0.2) is 0 Å². The predicted molar refractivity (Wildman–Crippen MR) is 77.2 cm³/mol. The van der Waals surface area contributed by atoms with Crippen molar-refractivity contribution >= 4 is 5.78 Å². The molecule has 0 amide bonds. The molecule has 0 unspecified atom stereocenters. The molecule has 0 aromatic heterocycles. The van der Waals surface area contributed by atoms with E-state index in [1.807, 2.05) is 12.1 Å². The van der Waals surface area contributed by atoms with Gasteiger partial charge in [-0.3, -0.25) is 4.79 Å². The Bertz CT molecular complexity index is 588. The van der Waals surface area contributed by atoms with Crippen molar-refractivity contribution in [2.75, 3.05) is 0 Å². The molecule has 0 saturated heterocycles. The molecule has 19 heavy (non-hydrogen) atoms. The van der Waals surface area contributed by atoms with E-state index in [0.29, 0.717) is 12.2 Å². The number of carbonyl (C=O) groups is 1. The van der Waals surface area contributed by atoms with Gasteiger partial charge in [-0.2, -0.15) is 0 Å². The molecule has 1 aliphatic carbocycles. The van der Waals surface area contributed by atoms with Crippen molar-refractivity contribution in [1.82, 2.24) is 0 Å². The third-order valence-corrected chi connectivity index (χ3v) is 4.13. The minimum absolute atomic E-state index is 0.178. The Labute approximate surface area is 114 Å². The highest BCUT2D eigenvalue weighted by atomic mass is 16.1. The van der Waals surface area contributed by atoms with Crippen LogP contribution in [0.5, 0.6) is 0 Å². The Kier molecular flexibility index (Phi) is 3.20. The van der Waals surface area contributed by atoms with Gasteiger partial charge < -0.3 is 0 Å². The molecule has 0 N–H and O–H groups in total. The Balaban J connectivity index is 1.72. The largest absolute Gasteiger partial charge is 0.299 e. The number of hydrogen-bond acceptors (Lipinski definition) is 1. The Morgan fingerprint density at radius 1 is 1.00 bits per heavy atom. The van der Waals surface area contributed by atoms with Gasteiger partial charge in [0.2, 0.25) is 0 Å². The van der Waals surface area contributed by atoms with Gasteiger partial charge in [-0.1, -0.05) is 48.5 Å². The Morgan fingerprint density at radius 2 is 1.58 bits per heavy atom. The van der Waals surface area contributed by atoms with Gasteiger partial charge in [0.05, 0.1) is 0 Å². The normalized spacial score (nSPS) is 14.4. The lowest BCUT2D eigenvalue weighted by Crippen LogP contribution is -2.17. The summed E-state index contributed by atoms with van der Waals surface area (Å²) in [5.41, 5.74) is 5.09.